The quantitative estimate of drug-likeness (QED) is 0.516. The Bertz CT molecular complexity index is 849. The number of nitrogen functional groups attached to an aromatic ring is 2. The van der Waals surface area contributed by atoms with Gasteiger partial charge in [0.05, 0.1) is 11.1 Å². The summed E-state index contributed by atoms with van der Waals surface area (Å²) in [4.78, 5) is 20.8. The minimum Gasteiger partial charge on any atom is -0.478 e. The number of ether oxygens (including phenoxy) is 1. The predicted molar refractivity (Wildman–Crippen MR) is 102 cm³/mol. The van der Waals surface area contributed by atoms with Gasteiger partial charge in [-0.1, -0.05) is 6.07 Å². The van der Waals surface area contributed by atoms with Crippen LogP contribution < -0.4 is 16.2 Å². The molecule has 0 radical (unpaired) electrons. The summed E-state index contributed by atoms with van der Waals surface area (Å²) in [6.07, 6.45) is 0. The highest BCUT2D eigenvalue weighted by molar-refractivity contribution is 5.93. The van der Waals surface area contributed by atoms with E-state index in [1.165, 1.54) is 18.2 Å². The Morgan fingerprint density at radius 3 is 1.37 bits per heavy atom. The van der Waals surface area contributed by atoms with Gasteiger partial charge in [-0.05, 0) is 66.7 Å². The summed E-state index contributed by atoms with van der Waals surface area (Å²) in [7, 11) is 0. The number of hydrogen-bond acceptors (Lipinski definition) is 5. The van der Waals surface area contributed by atoms with Crippen molar-refractivity contribution in [2.24, 2.45) is 0 Å². The van der Waals surface area contributed by atoms with E-state index in [4.69, 9.17) is 26.4 Å². The topological polar surface area (TPSA) is 136 Å². The monoisotopic (exact) mass is 366 g/mol. The van der Waals surface area contributed by atoms with Gasteiger partial charge < -0.3 is 26.4 Å². The summed E-state index contributed by atoms with van der Waals surface area (Å²) < 4.78 is 5.58. The molecule has 0 aliphatic heterocycles. The first-order valence-corrected chi connectivity index (χ1v) is 7.81. The first-order chi connectivity index (χ1) is 12.8. The van der Waals surface area contributed by atoms with Gasteiger partial charge in [-0.25, -0.2) is 9.59 Å². The summed E-state index contributed by atoms with van der Waals surface area (Å²) in [6, 6.07) is 19.7. The first kappa shape index (κ1) is 19.3. The van der Waals surface area contributed by atoms with Crippen LogP contribution in [0.2, 0.25) is 0 Å². The number of rotatable bonds is 4. The van der Waals surface area contributed by atoms with E-state index < -0.39 is 11.9 Å². The van der Waals surface area contributed by atoms with Gasteiger partial charge in [0.2, 0.25) is 0 Å². The molecule has 3 aromatic carbocycles. The van der Waals surface area contributed by atoms with Crippen molar-refractivity contribution in [1.29, 1.82) is 0 Å². The highest BCUT2D eigenvalue weighted by atomic mass is 16.5. The van der Waals surface area contributed by atoms with E-state index in [9.17, 15) is 9.59 Å². The Balaban J connectivity index is 0.000000199. The largest absolute Gasteiger partial charge is 0.478 e. The van der Waals surface area contributed by atoms with Crippen molar-refractivity contribution in [3.63, 3.8) is 0 Å². The van der Waals surface area contributed by atoms with Crippen LogP contribution in [0.4, 0.5) is 11.4 Å². The van der Waals surface area contributed by atoms with Crippen molar-refractivity contribution in [3.8, 4) is 11.5 Å². The average molecular weight is 366 g/mol. The second-order valence-corrected chi connectivity index (χ2v) is 5.43. The maximum absolute atomic E-state index is 10.4. The molecule has 138 valence electrons. The van der Waals surface area contributed by atoms with Gasteiger partial charge in [0, 0.05) is 11.4 Å². The lowest BCUT2D eigenvalue weighted by Gasteiger charge is -2.05. The van der Waals surface area contributed by atoms with Gasteiger partial charge >= 0.3 is 11.9 Å². The van der Waals surface area contributed by atoms with Crippen LogP contribution >= 0.6 is 0 Å². The Labute approximate surface area is 155 Å². The lowest BCUT2D eigenvalue weighted by atomic mass is 10.1. The van der Waals surface area contributed by atoms with Crippen LogP contribution in [0.1, 0.15) is 20.7 Å². The van der Waals surface area contributed by atoms with E-state index in [-0.39, 0.29) is 11.1 Å². The van der Waals surface area contributed by atoms with Crippen molar-refractivity contribution in [1.82, 2.24) is 0 Å². The Kier molecular flexibility index (Phi) is 6.38. The maximum atomic E-state index is 10.4. The number of nitrogens with two attached hydrogens (primary N) is 2. The van der Waals surface area contributed by atoms with Crippen LogP contribution in [-0.4, -0.2) is 22.2 Å². The molecular formula is C20H18N2O5. The van der Waals surface area contributed by atoms with Crippen LogP contribution in [0.25, 0.3) is 0 Å². The SMILES string of the molecule is Nc1ccc(Oc2ccc(N)cc2)cc1.O=C(O)c1cccc(C(=O)O)c1. The van der Waals surface area contributed by atoms with Crippen molar-refractivity contribution in [2.75, 3.05) is 11.5 Å². The summed E-state index contributed by atoms with van der Waals surface area (Å²) in [5.74, 6) is -0.737. The molecule has 3 rings (SSSR count). The molecule has 0 atom stereocenters. The third-order valence-corrected chi connectivity index (χ3v) is 3.35. The molecule has 0 spiro atoms. The van der Waals surface area contributed by atoms with Crippen molar-refractivity contribution in [2.45, 2.75) is 0 Å². The summed E-state index contributed by atoms with van der Waals surface area (Å²) >= 11 is 0. The molecule has 0 fully saturated rings. The Morgan fingerprint density at radius 2 is 1.04 bits per heavy atom. The van der Waals surface area contributed by atoms with E-state index >= 15 is 0 Å². The lowest BCUT2D eigenvalue weighted by Crippen LogP contribution is -2.01. The van der Waals surface area contributed by atoms with E-state index in [0.717, 1.165) is 28.9 Å². The number of carbonyl (C=O) groups is 2. The van der Waals surface area contributed by atoms with E-state index in [1.807, 2.05) is 24.3 Å². The molecule has 7 heteroatoms. The van der Waals surface area contributed by atoms with Gasteiger partial charge in [-0.2, -0.15) is 0 Å². The number of aromatic carboxylic acids is 2. The second kappa shape index (κ2) is 8.91. The van der Waals surface area contributed by atoms with Crippen molar-refractivity contribution in [3.05, 3.63) is 83.9 Å². The van der Waals surface area contributed by atoms with Crippen LogP contribution in [-0.2, 0) is 0 Å². The molecule has 7 nitrogen and oxygen atoms in total. The standard InChI is InChI=1S/C12H12N2O.C8H6O4/c13-9-1-5-11(6-2-9)15-12-7-3-10(14)4-8-12;9-7(10)5-2-1-3-6(4-5)8(11)12/h1-8H,13-14H2;1-4H,(H,9,10)(H,11,12). The van der Waals surface area contributed by atoms with Crippen molar-refractivity contribution < 1.29 is 24.5 Å². The van der Waals surface area contributed by atoms with Crippen LogP contribution in [0.5, 0.6) is 11.5 Å². The molecule has 0 saturated heterocycles. The Hall–Kier alpha value is -4.00. The van der Waals surface area contributed by atoms with Crippen LogP contribution in [0, 0.1) is 0 Å². The van der Waals surface area contributed by atoms with Gasteiger partial charge in [0.25, 0.3) is 0 Å². The van der Waals surface area contributed by atoms with Gasteiger partial charge in [-0.15, -0.1) is 0 Å². The molecule has 0 aliphatic rings. The number of carboxylic acids is 2. The average Bonchev–Trinajstić information content (AvgIpc) is 2.66. The fraction of sp³-hybridized carbons (Fsp3) is 0. The smallest absolute Gasteiger partial charge is 0.335 e. The molecule has 27 heavy (non-hydrogen) atoms. The highest BCUT2D eigenvalue weighted by Gasteiger charge is 2.06. The number of benzene rings is 3. The third kappa shape index (κ3) is 6.09. The number of anilines is 2. The predicted octanol–water partition coefficient (Wildman–Crippen LogP) is 3.73. The van der Waals surface area contributed by atoms with Crippen molar-refractivity contribution >= 4 is 23.3 Å². The van der Waals surface area contributed by atoms with Gasteiger partial charge in [-0.3, -0.25) is 0 Å². The molecule has 0 unspecified atom stereocenters. The molecule has 6 N–H and O–H groups in total. The zero-order valence-electron chi connectivity index (χ0n) is 14.2. The Morgan fingerprint density at radius 1 is 0.667 bits per heavy atom. The summed E-state index contributed by atoms with van der Waals surface area (Å²) in [5, 5.41) is 17.0. The van der Waals surface area contributed by atoms with E-state index in [2.05, 4.69) is 0 Å². The molecule has 0 heterocycles. The molecular weight excluding hydrogens is 348 g/mol. The minimum absolute atomic E-state index is 0.0186. The molecule has 3 aromatic rings. The molecule has 0 aromatic heterocycles. The number of carboxylic acid groups (broad SMARTS) is 2. The molecule has 0 bridgehead atoms. The van der Waals surface area contributed by atoms with E-state index in [0.29, 0.717) is 0 Å². The summed E-state index contributed by atoms with van der Waals surface area (Å²) in [5.41, 5.74) is 12.5. The lowest BCUT2D eigenvalue weighted by molar-refractivity contribution is 0.0696. The molecule has 0 aliphatic carbocycles. The molecule has 0 amide bonds. The normalized spacial score (nSPS) is 9.63. The maximum Gasteiger partial charge on any atom is 0.335 e. The minimum atomic E-state index is -1.13. The van der Waals surface area contributed by atoms with Gasteiger partial charge in [0.1, 0.15) is 11.5 Å². The van der Waals surface area contributed by atoms with Gasteiger partial charge in [0.15, 0.2) is 0 Å². The second-order valence-electron chi connectivity index (χ2n) is 5.43. The zero-order valence-corrected chi connectivity index (χ0v) is 14.2. The first-order valence-electron chi connectivity index (χ1n) is 7.81. The molecule has 0 saturated carbocycles. The zero-order chi connectivity index (χ0) is 19.8. The highest BCUT2D eigenvalue weighted by Crippen LogP contribution is 2.22. The summed E-state index contributed by atoms with van der Waals surface area (Å²) in [6.45, 7) is 0. The van der Waals surface area contributed by atoms with Crippen LogP contribution in [0.15, 0.2) is 72.8 Å². The van der Waals surface area contributed by atoms with E-state index in [1.54, 1.807) is 24.3 Å². The third-order valence-electron chi connectivity index (χ3n) is 3.35. The fourth-order valence-corrected chi connectivity index (χ4v) is 1.99. The van der Waals surface area contributed by atoms with Crippen LogP contribution in [0.3, 0.4) is 0 Å². The fourth-order valence-electron chi connectivity index (χ4n) is 1.99. The number of hydrogen-bond donors (Lipinski definition) is 4.